The highest BCUT2D eigenvalue weighted by Crippen LogP contribution is 2.27. The molecule has 0 saturated heterocycles. The van der Waals surface area contributed by atoms with Crippen LogP contribution in [-0.4, -0.2) is 19.7 Å². The monoisotopic (exact) mass is 372 g/mol. The molecule has 0 unspecified atom stereocenters. The average Bonchev–Trinajstić information content (AvgIpc) is 3.13. The summed E-state index contributed by atoms with van der Waals surface area (Å²) in [7, 11) is 0. The second-order valence-electron chi connectivity index (χ2n) is 6.53. The predicted octanol–water partition coefficient (Wildman–Crippen LogP) is 4.92. The van der Waals surface area contributed by atoms with Crippen molar-refractivity contribution in [2.24, 2.45) is 0 Å². The van der Waals surface area contributed by atoms with E-state index in [1.54, 1.807) is 17.1 Å². The topological polar surface area (TPSA) is 43.6 Å². The van der Waals surface area contributed by atoms with Crippen LogP contribution in [0.4, 0.5) is 8.78 Å². The molecular weight excluding hydrogens is 358 g/mol. The Balaban J connectivity index is 1.54. The maximum Gasteiger partial charge on any atom is 0.169 e. The van der Waals surface area contributed by atoms with Gasteiger partial charge in [-0.25, -0.2) is 18.7 Å². The van der Waals surface area contributed by atoms with Gasteiger partial charge in [-0.3, -0.25) is 4.68 Å². The largest absolute Gasteiger partial charge is 0.266 e. The molecule has 0 spiro atoms. The number of hydrogen-bond donors (Lipinski definition) is 0. The van der Waals surface area contributed by atoms with E-state index >= 15 is 0 Å². The molecule has 0 saturated carbocycles. The van der Waals surface area contributed by atoms with Crippen LogP contribution in [0.2, 0.25) is 0 Å². The van der Waals surface area contributed by atoms with Crippen molar-refractivity contribution in [3.05, 3.63) is 90.3 Å². The SMILES string of the molecule is Fc1cccc(-c2nc3cnn(Cc4cccc5ccccc45)cc-3n2)c1F. The predicted molar refractivity (Wildman–Crippen MR) is 103 cm³/mol. The summed E-state index contributed by atoms with van der Waals surface area (Å²) >= 11 is 0. The van der Waals surface area contributed by atoms with E-state index in [-0.39, 0.29) is 11.4 Å². The minimum Gasteiger partial charge on any atom is -0.266 e. The van der Waals surface area contributed by atoms with Gasteiger partial charge in [-0.2, -0.15) is 5.10 Å². The van der Waals surface area contributed by atoms with Crippen molar-refractivity contribution < 1.29 is 8.78 Å². The number of benzene rings is 3. The number of halogens is 2. The fourth-order valence-electron chi connectivity index (χ4n) is 3.35. The summed E-state index contributed by atoms with van der Waals surface area (Å²) in [5, 5.41) is 6.73. The summed E-state index contributed by atoms with van der Waals surface area (Å²) in [5.74, 6) is -1.72. The van der Waals surface area contributed by atoms with Gasteiger partial charge in [-0.1, -0.05) is 48.5 Å². The summed E-state index contributed by atoms with van der Waals surface area (Å²) in [5.41, 5.74) is 2.28. The van der Waals surface area contributed by atoms with Crippen LogP contribution in [0.25, 0.3) is 33.5 Å². The Morgan fingerprint density at radius 1 is 0.821 bits per heavy atom. The number of rotatable bonds is 3. The van der Waals surface area contributed by atoms with Crippen molar-refractivity contribution in [3.63, 3.8) is 0 Å². The fraction of sp³-hybridized carbons (Fsp3) is 0.0455. The highest BCUT2D eigenvalue weighted by atomic mass is 19.2. The number of nitrogens with zero attached hydrogens (tertiary/aromatic N) is 4. The molecule has 0 bridgehead atoms. The van der Waals surface area contributed by atoms with Crippen molar-refractivity contribution in [1.82, 2.24) is 19.7 Å². The number of imidazole rings is 1. The van der Waals surface area contributed by atoms with E-state index in [1.807, 2.05) is 18.2 Å². The minimum absolute atomic E-state index is 0.0387. The van der Waals surface area contributed by atoms with Crippen molar-refractivity contribution >= 4 is 10.8 Å². The number of aromatic nitrogens is 4. The first kappa shape index (κ1) is 16.5. The quantitative estimate of drug-likeness (QED) is 0.451. The maximum absolute atomic E-state index is 14.1. The molecule has 0 aromatic heterocycles. The van der Waals surface area contributed by atoms with Gasteiger partial charge in [0.25, 0.3) is 0 Å². The summed E-state index contributed by atoms with van der Waals surface area (Å²) in [6.45, 7) is 0.563. The van der Waals surface area contributed by atoms with Gasteiger partial charge in [0.15, 0.2) is 17.5 Å². The molecule has 136 valence electrons. The van der Waals surface area contributed by atoms with Crippen LogP contribution in [0.15, 0.2) is 73.1 Å². The van der Waals surface area contributed by atoms with Crippen molar-refractivity contribution in [1.29, 1.82) is 0 Å². The van der Waals surface area contributed by atoms with Crippen LogP contribution in [0.3, 0.4) is 0 Å². The summed E-state index contributed by atoms with van der Waals surface area (Å²) < 4.78 is 29.3. The second kappa shape index (κ2) is 6.49. The molecule has 2 heterocycles. The molecule has 0 aliphatic carbocycles. The zero-order valence-corrected chi connectivity index (χ0v) is 14.7. The molecule has 0 atom stereocenters. The molecule has 3 aromatic carbocycles. The van der Waals surface area contributed by atoms with E-state index < -0.39 is 11.6 Å². The summed E-state index contributed by atoms with van der Waals surface area (Å²) in [6.07, 6.45) is 3.36. The number of fused-ring (bicyclic) bond motifs is 2. The highest BCUT2D eigenvalue weighted by Gasteiger charge is 2.18. The van der Waals surface area contributed by atoms with Crippen molar-refractivity contribution in [3.8, 4) is 22.8 Å². The first-order valence-electron chi connectivity index (χ1n) is 8.80. The third-order valence-corrected chi connectivity index (χ3v) is 4.72. The van der Waals surface area contributed by atoms with Gasteiger partial charge in [0.05, 0.1) is 24.5 Å². The third kappa shape index (κ3) is 2.79. The molecule has 2 aliphatic heterocycles. The van der Waals surface area contributed by atoms with Crippen LogP contribution in [0, 0.1) is 11.6 Å². The zero-order valence-electron chi connectivity index (χ0n) is 14.7. The Kier molecular flexibility index (Phi) is 3.83. The smallest absolute Gasteiger partial charge is 0.169 e. The molecule has 3 aromatic rings. The van der Waals surface area contributed by atoms with E-state index in [9.17, 15) is 8.78 Å². The molecule has 2 aliphatic rings. The molecule has 4 nitrogen and oxygen atoms in total. The van der Waals surface area contributed by atoms with Gasteiger partial charge >= 0.3 is 0 Å². The normalized spacial score (nSPS) is 11.4. The average molecular weight is 372 g/mol. The molecule has 0 amide bonds. The molecule has 0 radical (unpaired) electrons. The van der Waals surface area contributed by atoms with Gasteiger partial charge in [0.1, 0.15) is 11.4 Å². The van der Waals surface area contributed by atoms with Crippen LogP contribution >= 0.6 is 0 Å². The van der Waals surface area contributed by atoms with Gasteiger partial charge in [0, 0.05) is 0 Å². The molecule has 6 heteroatoms. The highest BCUT2D eigenvalue weighted by molar-refractivity contribution is 5.85. The zero-order chi connectivity index (χ0) is 19.1. The Bertz CT molecular complexity index is 1270. The Morgan fingerprint density at radius 2 is 1.61 bits per heavy atom. The second-order valence-corrected chi connectivity index (χ2v) is 6.53. The third-order valence-electron chi connectivity index (χ3n) is 4.72. The molecule has 28 heavy (non-hydrogen) atoms. The van der Waals surface area contributed by atoms with Crippen LogP contribution < -0.4 is 0 Å². The lowest BCUT2D eigenvalue weighted by molar-refractivity contribution is 0.510. The molecule has 0 fully saturated rings. The Labute approximate surface area is 159 Å². The minimum atomic E-state index is -0.950. The first-order valence-corrected chi connectivity index (χ1v) is 8.80. The van der Waals surface area contributed by atoms with Crippen molar-refractivity contribution in [2.45, 2.75) is 6.54 Å². The molecule has 0 N–H and O–H groups in total. The van der Waals surface area contributed by atoms with E-state index in [0.29, 0.717) is 17.9 Å². The Hall–Kier alpha value is -3.67. The van der Waals surface area contributed by atoms with Gasteiger partial charge in [-0.15, -0.1) is 0 Å². The van der Waals surface area contributed by atoms with Crippen molar-refractivity contribution in [2.75, 3.05) is 0 Å². The molecule has 5 rings (SSSR count). The lowest BCUT2D eigenvalue weighted by Gasteiger charge is -2.09. The lowest BCUT2D eigenvalue weighted by atomic mass is 10.0. The lowest BCUT2D eigenvalue weighted by Crippen LogP contribution is -2.06. The van der Waals surface area contributed by atoms with E-state index in [2.05, 4.69) is 39.3 Å². The van der Waals surface area contributed by atoms with Gasteiger partial charge in [-0.05, 0) is 28.5 Å². The molecular formula is C22H14F2N4. The standard InChI is InChI=1S/C22H14F2N4/c23-18-10-4-9-17(21(18)24)22-26-19-11-25-28(13-20(19)27-22)12-15-7-3-6-14-5-1-2-8-16(14)15/h1-11,13H,12H2. The van der Waals surface area contributed by atoms with E-state index in [0.717, 1.165) is 17.0 Å². The van der Waals surface area contributed by atoms with Crippen LogP contribution in [0.5, 0.6) is 0 Å². The van der Waals surface area contributed by atoms with Crippen LogP contribution in [0.1, 0.15) is 5.56 Å². The Morgan fingerprint density at radius 3 is 2.54 bits per heavy atom. The van der Waals surface area contributed by atoms with E-state index in [1.165, 1.54) is 17.5 Å². The first-order chi connectivity index (χ1) is 13.7. The fourth-order valence-corrected chi connectivity index (χ4v) is 3.35. The maximum atomic E-state index is 14.1. The summed E-state index contributed by atoms with van der Waals surface area (Å²) in [4.78, 5) is 8.66. The van der Waals surface area contributed by atoms with Crippen LogP contribution in [-0.2, 0) is 6.54 Å². The van der Waals surface area contributed by atoms with Gasteiger partial charge in [0.2, 0.25) is 0 Å². The van der Waals surface area contributed by atoms with E-state index in [4.69, 9.17) is 0 Å². The summed E-state index contributed by atoms with van der Waals surface area (Å²) in [6, 6.07) is 18.3. The van der Waals surface area contributed by atoms with Gasteiger partial charge < -0.3 is 0 Å². The number of hydrogen-bond acceptors (Lipinski definition) is 3.